The minimum absolute atomic E-state index is 0. The Labute approximate surface area is 123 Å². The van der Waals surface area contributed by atoms with Crippen molar-refractivity contribution in [3.8, 4) is 10.8 Å². The summed E-state index contributed by atoms with van der Waals surface area (Å²) in [5.74, 6) is -2.75. The molecule has 0 saturated heterocycles. The number of nitrogens with zero attached hydrogens (tertiary/aromatic N) is 2. The quantitative estimate of drug-likeness (QED) is 0.278. The van der Waals surface area contributed by atoms with Gasteiger partial charge in [-0.25, -0.2) is 9.59 Å². The molecule has 0 radical (unpaired) electrons. The third kappa shape index (κ3) is 11.5. The SMILES string of the molecule is N.N.N.N.N#CSOC(=O)C(O)C(O)C(=O)OSC#N. The fraction of sp³-hybridized carbons (Fsp3) is 0.333. The standard InChI is InChI=1S/C6H4N2O6S2.4H3N/c7-1-15-13-5(11)3(9)4(10)6(12)14-16-2-8;;;;/h3-4,9-10H;4*1H3. The number of rotatable bonds is 5. The van der Waals surface area contributed by atoms with Crippen LogP contribution in [-0.4, -0.2) is 34.4 Å². The Morgan fingerprint density at radius 1 is 0.850 bits per heavy atom. The van der Waals surface area contributed by atoms with Crippen molar-refractivity contribution in [1.29, 1.82) is 10.5 Å². The van der Waals surface area contributed by atoms with Gasteiger partial charge in [0.25, 0.3) is 0 Å². The Kier molecular flexibility index (Phi) is 26.9. The maximum absolute atomic E-state index is 10.8. The minimum atomic E-state index is -2.19. The van der Waals surface area contributed by atoms with Crippen LogP contribution >= 0.6 is 24.1 Å². The zero-order valence-corrected chi connectivity index (χ0v) is 11.9. The molecule has 14 heteroatoms. The Morgan fingerprint density at radius 3 is 1.30 bits per heavy atom. The zero-order chi connectivity index (χ0) is 12.6. The molecule has 118 valence electrons. The maximum atomic E-state index is 10.8. The number of carbonyl (C=O) groups excluding carboxylic acids is 2. The summed E-state index contributed by atoms with van der Waals surface area (Å²) in [6.45, 7) is 0. The highest BCUT2D eigenvalue weighted by molar-refractivity contribution is 7.99. The van der Waals surface area contributed by atoms with Gasteiger partial charge in [0.05, 0.1) is 0 Å². The smallest absolute Gasteiger partial charge is 0.351 e. The first-order valence-corrected chi connectivity index (χ1v) is 4.92. The highest BCUT2D eigenvalue weighted by atomic mass is 32.2. The third-order valence-electron chi connectivity index (χ3n) is 1.10. The second kappa shape index (κ2) is 17.4. The maximum Gasteiger partial charge on any atom is 0.351 e. The van der Waals surface area contributed by atoms with Crippen LogP contribution in [0, 0.1) is 21.3 Å². The van der Waals surface area contributed by atoms with E-state index in [9.17, 15) is 9.59 Å². The van der Waals surface area contributed by atoms with E-state index in [0.717, 1.165) is 0 Å². The first-order chi connectivity index (χ1) is 7.54. The summed E-state index contributed by atoms with van der Waals surface area (Å²) in [5.41, 5.74) is 0. The van der Waals surface area contributed by atoms with E-state index in [4.69, 9.17) is 20.7 Å². The van der Waals surface area contributed by atoms with Crippen molar-refractivity contribution in [2.24, 2.45) is 0 Å². The van der Waals surface area contributed by atoms with Crippen molar-refractivity contribution in [3.63, 3.8) is 0 Å². The molecular weight excluding hydrogens is 316 g/mol. The highest BCUT2D eigenvalue weighted by Crippen LogP contribution is 2.09. The monoisotopic (exact) mass is 332 g/mol. The lowest BCUT2D eigenvalue weighted by Gasteiger charge is -2.12. The van der Waals surface area contributed by atoms with Gasteiger partial charge in [0.1, 0.15) is 0 Å². The number of hydrogen-bond acceptors (Lipinski definition) is 14. The number of hydrogen-bond donors (Lipinski definition) is 6. The minimum Gasteiger partial charge on any atom is -0.379 e. The van der Waals surface area contributed by atoms with Crippen molar-refractivity contribution >= 4 is 36.0 Å². The second-order valence-corrected chi connectivity index (χ2v) is 3.08. The van der Waals surface area contributed by atoms with Crippen molar-refractivity contribution in [2.75, 3.05) is 0 Å². The number of nitriles is 2. The van der Waals surface area contributed by atoms with Gasteiger partial charge in [0, 0.05) is 0 Å². The highest BCUT2D eigenvalue weighted by Gasteiger charge is 2.33. The number of thiocyanates is 2. The summed E-state index contributed by atoms with van der Waals surface area (Å²) in [4.78, 5) is 21.7. The summed E-state index contributed by atoms with van der Waals surface area (Å²) < 4.78 is 8.11. The molecule has 0 amide bonds. The topological polar surface area (TPSA) is 281 Å². The molecule has 2 unspecified atom stereocenters. The Bertz CT molecular complexity index is 323. The molecule has 0 aliphatic rings. The molecule has 0 bridgehead atoms. The van der Waals surface area contributed by atoms with E-state index in [1.807, 2.05) is 0 Å². The van der Waals surface area contributed by atoms with E-state index in [2.05, 4.69) is 8.37 Å². The molecule has 2 atom stereocenters. The van der Waals surface area contributed by atoms with Crippen molar-refractivity contribution in [3.05, 3.63) is 0 Å². The van der Waals surface area contributed by atoms with Crippen LogP contribution in [-0.2, 0) is 18.0 Å². The predicted octanol–water partition coefficient (Wildman–Crippen LogP) is -0.299. The van der Waals surface area contributed by atoms with Gasteiger partial charge in [-0.2, -0.15) is 10.5 Å². The molecule has 0 aromatic heterocycles. The van der Waals surface area contributed by atoms with E-state index in [1.54, 1.807) is 0 Å². The molecule has 0 aliphatic carbocycles. The average molecular weight is 332 g/mol. The largest absolute Gasteiger partial charge is 0.379 e. The lowest BCUT2D eigenvalue weighted by atomic mass is 10.2. The van der Waals surface area contributed by atoms with Crippen LogP contribution in [0.1, 0.15) is 0 Å². The molecule has 0 aliphatic heterocycles. The van der Waals surface area contributed by atoms with Gasteiger partial charge in [0.15, 0.2) is 47.1 Å². The van der Waals surface area contributed by atoms with Gasteiger partial charge in [-0.3, -0.25) is 0 Å². The fourth-order valence-electron chi connectivity index (χ4n) is 0.476. The van der Waals surface area contributed by atoms with Crippen LogP contribution in [0.25, 0.3) is 0 Å². The molecule has 0 fully saturated rings. The number of carbonyl (C=O) groups is 2. The van der Waals surface area contributed by atoms with Crippen molar-refractivity contribution < 1.29 is 28.2 Å². The summed E-state index contributed by atoms with van der Waals surface area (Å²) >= 11 is 0.134. The lowest BCUT2D eigenvalue weighted by Crippen LogP contribution is -2.40. The molecule has 0 aromatic rings. The van der Waals surface area contributed by atoms with Gasteiger partial charge >= 0.3 is 11.9 Å². The van der Waals surface area contributed by atoms with Crippen LogP contribution in [0.3, 0.4) is 0 Å². The average Bonchev–Trinajstić information content (AvgIpc) is 2.30. The Morgan fingerprint density at radius 2 is 1.10 bits per heavy atom. The first kappa shape index (κ1) is 31.0. The van der Waals surface area contributed by atoms with Crippen LogP contribution in [0.2, 0.25) is 0 Å². The third-order valence-corrected chi connectivity index (χ3v) is 1.75. The summed E-state index contributed by atoms with van der Waals surface area (Å²) in [5, 5.41) is 36.9. The van der Waals surface area contributed by atoms with Gasteiger partial charge in [-0.15, -0.1) is 0 Å². The molecule has 0 rings (SSSR count). The van der Waals surface area contributed by atoms with Crippen molar-refractivity contribution in [1.82, 2.24) is 24.6 Å². The van der Waals surface area contributed by atoms with E-state index < -0.39 is 24.1 Å². The summed E-state index contributed by atoms with van der Waals surface area (Å²) in [6.07, 6.45) is -4.37. The van der Waals surface area contributed by atoms with Gasteiger partial charge in [-0.05, 0) is 0 Å². The molecule has 0 aromatic carbocycles. The number of aliphatic hydroxyl groups excluding tert-OH is 2. The molecule has 12 nitrogen and oxygen atoms in total. The van der Waals surface area contributed by atoms with Crippen LogP contribution < -0.4 is 24.6 Å². The van der Waals surface area contributed by atoms with Crippen LogP contribution in [0.4, 0.5) is 0 Å². The zero-order valence-electron chi connectivity index (χ0n) is 10.2. The second-order valence-electron chi connectivity index (χ2n) is 2.04. The molecule has 20 heavy (non-hydrogen) atoms. The molecule has 14 N–H and O–H groups in total. The van der Waals surface area contributed by atoms with Gasteiger partial charge in [0.2, 0.25) is 0 Å². The molecule has 0 spiro atoms. The predicted molar refractivity (Wildman–Crippen MR) is 70.7 cm³/mol. The Balaban J connectivity index is -0.000000187. The van der Waals surface area contributed by atoms with E-state index in [0.29, 0.717) is 0 Å². The Hall–Kier alpha value is -1.62. The fourth-order valence-corrected chi connectivity index (χ4v) is 0.912. The normalized spacial score (nSPS) is 10.2. The van der Waals surface area contributed by atoms with E-state index >= 15 is 0 Å². The number of aliphatic hydroxyl groups is 2. The van der Waals surface area contributed by atoms with E-state index in [1.165, 1.54) is 10.8 Å². The van der Waals surface area contributed by atoms with Crippen LogP contribution in [0.15, 0.2) is 0 Å². The lowest BCUT2D eigenvalue weighted by molar-refractivity contribution is -0.160. The molecular formula is C6H16N6O6S2. The summed E-state index contributed by atoms with van der Waals surface area (Å²) in [6, 6.07) is 0. The van der Waals surface area contributed by atoms with Crippen LogP contribution in [0.5, 0.6) is 0 Å². The summed E-state index contributed by atoms with van der Waals surface area (Å²) in [7, 11) is 0. The molecule has 0 heterocycles. The van der Waals surface area contributed by atoms with E-state index in [-0.39, 0.29) is 48.7 Å². The van der Waals surface area contributed by atoms with Gasteiger partial charge < -0.3 is 43.2 Å². The van der Waals surface area contributed by atoms with Gasteiger partial charge in [-0.1, -0.05) is 0 Å². The molecule has 0 saturated carbocycles. The first-order valence-electron chi connectivity index (χ1n) is 3.43. The van der Waals surface area contributed by atoms with Crippen molar-refractivity contribution in [2.45, 2.75) is 12.2 Å².